The van der Waals surface area contributed by atoms with Crippen LogP contribution in [0.15, 0.2) is 47.4 Å². The third-order valence-corrected chi connectivity index (χ3v) is 7.13. The first kappa shape index (κ1) is 21.3. The number of hydrogen-bond acceptors (Lipinski definition) is 4. The van der Waals surface area contributed by atoms with Gasteiger partial charge in [-0.15, -0.1) is 0 Å². The number of rotatable bonds is 5. The predicted octanol–water partition coefficient (Wildman–Crippen LogP) is 3.24. The van der Waals surface area contributed by atoms with Crippen LogP contribution < -0.4 is 10.2 Å². The Balaban J connectivity index is 1.66. The van der Waals surface area contributed by atoms with Crippen molar-refractivity contribution < 1.29 is 17.6 Å². The van der Waals surface area contributed by atoms with Crippen LogP contribution in [0.25, 0.3) is 0 Å². The number of halogens is 1. The van der Waals surface area contributed by atoms with Gasteiger partial charge in [0.25, 0.3) is 0 Å². The predicted molar refractivity (Wildman–Crippen MR) is 112 cm³/mol. The molecule has 156 valence electrons. The highest BCUT2D eigenvalue weighted by atomic mass is 32.2. The monoisotopic (exact) mass is 419 g/mol. The molecule has 0 atom stereocenters. The molecule has 3 rings (SSSR count). The second-order valence-corrected chi connectivity index (χ2v) is 9.46. The van der Waals surface area contributed by atoms with E-state index in [2.05, 4.69) is 5.32 Å². The summed E-state index contributed by atoms with van der Waals surface area (Å²) in [5.74, 6) is -0.809. The van der Waals surface area contributed by atoms with Crippen LogP contribution in [0.2, 0.25) is 0 Å². The first-order chi connectivity index (χ1) is 13.7. The molecule has 8 heteroatoms. The second kappa shape index (κ2) is 8.51. The summed E-state index contributed by atoms with van der Waals surface area (Å²) in [6, 6.07) is 10.7. The third-order valence-electron chi connectivity index (χ3n) is 5.24. The maximum atomic E-state index is 13.0. The molecule has 1 aliphatic rings. The number of nitrogens with zero attached hydrogens (tertiary/aromatic N) is 2. The number of piperidine rings is 1. The fourth-order valence-corrected chi connectivity index (χ4v) is 5.01. The minimum absolute atomic E-state index is 0.168. The van der Waals surface area contributed by atoms with E-state index in [1.165, 1.54) is 28.6 Å². The quantitative estimate of drug-likeness (QED) is 0.808. The van der Waals surface area contributed by atoms with Crippen LogP contribution in [-0.4, -0.2) is 45.8 Å². The van der Waals surface area contributed by atoms with Crippen molar-refractivity contribution in [2.45, 2.75) is 24.7 Å². The highest BCUT2D eigenvalue weighted by Gasteiger charge is 2.32. The molecule has 0 unspecified atom stereocenters. The van der Waals surface area contributed by atoms with Crippen LogP contribution in [0, 0.1) is 18.7 Å². The number of benzene rings is 2. The molecule has 1 N–H and O–H groups in total. The number of hydrogen-bond donors (Lipinski definition) is 1. The largest absolute Gasteiger partial charge is 0.377 e. The van der Waals surface area contributed by atoms with Crippen molar-refractivity contribution in [1.82, 2.24) is 4.31 Å². The van der Waals surface area contributed by atoms with E-state index in [9.17, 15) is 17.6 Å². The van der Waals surface area contributed by atoms with Gasteiger partial charge >= 0.3 is 0 Å². The van der Waals surface area contributed by atoms with E-state index in [1.54, 1.807) is 12.1 Å². The lowest BCUT2D eigenvalue weighted by Crippen LogP contribution is -2.41. The van der Waals surface area contributed by atoms with Crippen molar-refractivity contribution >= 4 is 27.3 Å². The highest BCUT2D eigenvalue weighted by Crippen LogP contribution is 2.28. The molecule has 0 spiro atoms. The van der Waals surface area contributed by atoms with Crippen molar-refractivity contribution in [3.05, 3.63) is 53.8 Å². The van der Waals surface area contributed by atoms with E-state index in [-0.39, 0.29) is 35.6 Å². The zero-order chi connectivity index (χ0) is 21.2. The number of carbonyl (C=O) groups excluding carboxylic acids is 1. The normalized spacial score (nSPS) is 15.9. The van der Waals surface area contributed by atoms with Crippen molar-refractivity contribution in [2.75, 3.05) is 37.4 Å². The molecule has 2 aromatic carbocycles. The Morgan fingerprint density at radius 1 is 1.10 bits per heavy atom. The maximum absolute atomic E-state index is 13.0. The number of nitrogens with one attached hydrogen (secondary N) is 1. The topological polar surface area (TPSA) is 69.7 Å². The smallest absolute Gasteiger partial charge is 0.243 e. The zero-order valence-electron chi connectivity index (χ0n) is 16.9. The van der Waals surface area contributed by atoms with Gasteiger partial charge in [-0.1, -0.05) is 6.07 Å². The van der Waals surface area contributed by atoms with Gasteiger partial charge in [-0.3, -0.25) is 4.79 Å². The first-order valence-corrected chi connectivity index (χ1v) is 11.0. The Hall–Kier alpha value is -2.45. The molecular weight excluding hydrogens is 393 g/mol. The summed E-state index contributed by atoms with van der Waals surface area (Å²) in [4.78, 5) is 14.6. The fourth-order valence-electron chi connectivity index (χ4n) is 3.52. The van der Waals surface area contributed by atoms with E-state index in [4.69, 9.17) is 0 Å². The minimum Gasteiger partial charge on any atom is -0.377 e. The van der Waals surface area contributed by atoms with Crippen LogP contribution in [0.1, 0.15) is 18.4 Å². The lowest BCUT2D eigenvalue weighted by molar-refractivity contribution is -0.120. The Bertz CT molecular complexity index is 983. The van der Waals surface area contributed by atoms with Gasteiger partial charge in [0.05, 0.1) is 4.90 Å². The summed E-state index contributed by atoms with van der Waals surface area (Å²) in [5.41, 5.74) is 2.40. The molecule has 0 aliphatic carbocycles. The van der Waals surface area contributed by atoms with Gasteiger partial charge in [0.1, 0.15) is 5.82 Å². The van der Waals surface area contributed by atoms with Gasteiger partial charge in [-0.25, -0.2) is 12.8 Å². The number of anilines is 2. The molecule has 0 saturated carbocycles. The molecule has 0 bridgehead atoms. The lowest BCUT2D eigenvalue weighted by atomic mass is 9.97. The zero-order valence-corrected chi connectivity index (χ0v) is 17.7. The molecular formula is C21H26FN3O3S. The summed E-state index contributed by atoms with van der Waals surface area (Å²) in [7, 11) is 0.144. The number of sulfonamides is 1. The van der Waals surface area contributed by atoms with Crippen molar-refractivity contribution in [3.8, 4) is 0 Å². The van der Waals surface area contributed by atoms with Crippen molar-refractivity contribution in [3.63, 3.8) is 0 Å². The van der Waals surface area contributed by atoms with Crippen LogP contribution in [0.4, 0.5) is 15.8 Å². The van der Waals surface area contributed by atoms with Crippen LogP contribution in [0.3, 0.4) is 0 Å². The molecule has 1 heterocycles. The van der Waals surface area contributed by atoms with Crippen molar-refractivity contribution in [2.24, 2.45) is 5.92 Å². The number of carbonyl (C=O) groups is 1. The molecule has 29 heavy (non-hydrogen) atoms. The first-order valence-electron chi connectivity index (χ1n) is 9.53. The molecule has 0 radical (unpaired) electrons. The molecule has 1 aliphatic heterocycles. The Kier molecular flexibility index (Phi) is 6.24. The average molecular weight is 420 g/mol. The number of amides is 1. The Morgan fingerprint density at radius 2 is 1.72 bits per heavy atom. The van der Waals surface area contributed by atoms with Crippen LogP contribution >= 0.6 is 0 Å². The van der Waals surface area contributed by atoms with Crippen molar-refractivity contribution in [1.29, 1.82) is 0 Å². The molecule has 1 amide bonds. The van der Waals surface area contributed by atoms with E-state index in [1.807, 2.05) is 32.0 Å². The Labute approximate surface area is 171 Å². The lowest BCUT2D eigenvalue weighted by Gasteiger charge is -2.31. The van der Waals surface area contributed by atoms with Crippen LogP contribution in [-0.2, 0) is 14.8 Å². The van der Waals surface area contributed by atoms with E-state index < -0.39 is 10.0 Å². The standard InChI is InChI=1S/C21H26FN3O3S/c1-15-4-9-19(14-20(15)24(2)3)29(27,28)25-12-10-16(11-13-25)21(26)23-18-7-5-17(22)6-8-18/h4-9,14,16H,10-13H2,1-3H3,(H,23,26). The minimum atomic E-state index is -3.61. The maximum Gasteiger partial charge on any atom is 0.243 e. The van der Waals surface area contributed by atoms with Gasteiger partial charge in [0, 0.05) is 44.5 Å². The SMILES string of the molecule is Cc1ccc(S(=O)(=O)N2CCC(C(=O)Nc3ccc(F)cc3)CC2)cc1N(C)C. The molecule has 2 aromatic rings. The summed E-state index contributed by atoms with van der Waals surface area (Å²) in [6.45, 7) is 2.51. The summed E-state index contributed by atoms with van der Waals surface area (Å²) < 4.78 is 40.5. The third kappa shape index (κ3) is 4.76. The van der Waals surface area contributed by atoms with Gasteiger partial charge in [-0.2, -0.15) is 4.31 Å². The summed E-state index contributed by atoms with van der Waals surface area (Å²) in [6.07, 6.45) is 0.886. The Morgan fingerprint density at radius 3 is 2.31 bits per heavy atom. The van der Waals surface area contributed by atoms with E-state index in [0.29, 0.717) is 18.5 Å². The number of aryl methyl sites for hydroxylation is 1. The molecule has 6 nitrogen and oxygen atoms in total. The van der Waals surface area contributed by atoms with E-state index in [0.717, 1.165) is 11.3 Å². The van der Waals surface area contributed by atoms with Gasteiger partial charge < -0.3 is 10.2 Å². The van der Waals surface area contributed by atoms with Gasteiger partial charge in [0.15, 0.2) is 0 Å². The van der Waals surface area contributed by atoms with Gasteiger partial charge in [0.2, 0.25) is 15.9 Å². The highest BCUT2D eigenvalue weighted by molar-refractivity contribution is 7.89. The molecule has 1 saturated heterocycles. The fraction of sp³-hybridized carbons (Fsp3) is 0.381. The van der Waals surface area contributed by atoms with Crippen LogP contribution in [0.5, 0.6) is 0 Å². The second-order valence-electron chi connectivity index (χ2n) is 7.52. The summed E-state index contributed by atoms with van der Waals surface area (Å²) in [5, 5.41) is 2.77. The average Bonchev–Trinajstić information content (AvgIpc) is 2.69. The molecule has 0 aromatic heterocycles. The summed E-state index contributed by atoms with van der Waals surface area (Å²) >= 11 is 0. The van der Waals surface area contributed by atoms with Gasteiger partial charge in [-0.05, 0) is 61.7 Å². The molecule has 1 fully saturated rings. The van der Waals surface area contributed by atoms with E-state index >= 15 is 0 Å².